The van der Waals surface area contributed by atoms with Crippen LogP contribution in [0.5, 0.6) is 0 Å². The summed E-state index contributed by atoms with van der Waals surface area (Å²) in [4.78, 5) is 13.3. The summed E-state index contributed by atoms with van der Waals surface area (Å²) in [5, 5.41) is 1.06. The van der Waals surface area contributed by atoms with E-state index in [2.05, 4.69) is 4.90 Å². The summed E-state index contributed by atoms with van der Waals surface area (Å²) >= 11 is 0. The minimum Gasteiger partial charge on any atom is -0.462 e. The number of anilines is 1. The second-order valence-corrected chi connectivity index (χ2v) is 4.15. The molecule has 1 aromatic heterocycles. The van der Waals surface area contributed by atoms with Crippen molar-refractivity contribution in [3.63, 3.8) is 0 Å². The Kier molecular flexibility index (Phi) is 2.17. The molecule has 1 saturated heterocycles. The van der Waals surface area contributed by atoms with Gasteiger partial charge in [-0.2, -0.15) is 0 Å². The van der Waals surface area contributed by atoms with Gasteiger partial charge in [-0.25, -0.2) is 0 Å². The molecule has 0 bridgehead atoms. The van der Waals surface area contributed by atoms with Gasteiger partial charge in [0.05, 0.1) is 12.0 Å². The first-order chi connectivity index (χ1) is 7.90. The summed E-state index contributed by atoms with van der Waals surface area (Å²) in [6.45, 7) is 2.03. The standard InChI is InChI=1S/C13H13NO2/c15-9-11-4-3-10-5-8-16-13(10)12(11)14-6-1-2-7-14/h3-5,8-9H,1-2,6-7H2. The zero-order valence-electron chi connectivity index (χ0n) is 8.98. The third-order valence-electron chi connectivity index (χ3n) is 3.18. The number of carbonyl (C=O) groups excluding carboxylic acids is 1. The van der Waals surface area contributed by atoms with Crippen LogP contribution >= 0.6 is 0 Å². The molecular formula is C13H13NO2. The quantitative estimate of drug-likeness (QED) is 0.722. The second kappa shape index (κ2) is 3.67. The van der Waals surface area contributed by atoms with Gasteiger partial charge in [-0.15, -0.1) is 0 Å². The van der Waals surface area contributed by atoms with Crippen LogP contribution in [-0.4, -0.2) is 19.4 Å². The van der Waals surface area contributed by atoms with Crippen LogP contribution in [0.2, 0.25) is 0 Å². The van der Waals surface area contributed by atoms with E-state index in [1.54, 1.807) is 6.26 Å². The van der Waals surface area contributed by atoms with Crippen molar-refractivity contribution in [1.82, 2.24) is 0 Å². The number of furan rings is 1. The minimum atomic E-state index is 0.726. The Morgan fingerprint density at radius 1 is 1.19 bits per heavy atom. The highest BCUT2D eigenvalue weighted by molar-refractivity contribution is 5.99. The summed E-state index contributed by atoms with van der Waals surface area (Å²) < 4.78 is 5.50. The van der Waals surface area contributed by atoms with Gasteiger partial charge >= 0.3 is 0 Å². The molecule has 0 unspecified atom stereocenters. The van der Waals surface area contributed by atoms with Gasteiger partial charge in [0.15, 0.2) is 11.9 Å². The van der Waals surface area contributed by atoms with Gasteiger partial charge in [-0.1, -0.05) is 6.07 Å². The number of carbonyl (C=O) groups is 1. The van der Waals surface area contributed by atoms with Crippen LogP contribution in [0.4, 0.5) is 5.69 Å². The number of nitrogens with zero attached hydrogens (tertiary/aromatic N) is 1. The average molecular weight is 215 g/mol. The molecule has 0 amide bonds. The fourth-order valence-electron chi connectivity index (χ4n) is 2.39. The van der Waals surface area contributed by atoms with Crippen molar-refractivity contribution < 1.29 is 9.21 Å². The Balaban J connectivity index is 2.23. The molecule has 1 aromatic carbocycles. The molecule has 3 nitrogen and oxygen atoms in total. The van der Waals surface area contributed by atoms with Gasteiger partial charge in [0.2, 0.25) is 0 Å². The van der Waals surface area contributed by atoms with E-state index < -0.39 is 0 Å². The second-order valence-electron chi connectivity index (χ2n) is 4.15. The van der Waals surface area contributed by atoms with Gasteiger partial charge < -0.3 is 9.32 Å². The number of hydrogen-bond donors (Lipinski definition) is 0. The molecule has 3 heteroatoms. The molecule has 2 aromatic rings. The molecule has 0 aliphatic carbocycles. The highest BCUT2D eigenvalue weighted by Gasteiger charge is 2.19. The molecule has 0 N–H and O–H groups in total. The van der Waals surface area contributed by atoms with Gasteiger partial charge in [0.25, 0.3) is 0 Å². The monoisotopic (exact) mass is 215 g/mol. The highest BCUT2D eigenvalue weighted by Crippen LogP contribution is 2.32. The molecule has 2 heterocycles. The van der Waals surface area contributed by atoms with Crippen LogP contribution in [0.3, 0.4) is 0 Å². The molecule has 82 valence electrons. The van der Waals surface area contributed by atoms with E-state index in [1.165, 1.54) is 12.8 Å². The van der Waals surface area contributed by atoms with Gasteiger partial charge in [0, 0.05) is 24.0 Å². The normalized spacial score (nSPS) is 15.9. The molecule has 1 fully saturated rings. The SMILES string of the molecule is O=Cc1ccc2ccoc2c1N1CCCC1. The van der Waals surface area contributed by atoms with Crippen LogP contribution in [0.25, 0.3) is 11.0 Å². The van der Waals surface area contributed by atoms with E-state index in [0.717, 1.165) is 41.6 Å². The van der Waals surface area contributed by atoms with Crippen molar-refractivity contribution in [3.05, 3.63) is 30.0 Å². The molecular weight excluding hydrogens is 202 g/mol. The number of rotatable bonds is 2. The lowest BCUT2D eigenvalue weighted by atomic mass is 10.1. The average Bonchev–Trinajstić information content (AvgIpc) is 2.98. The van der Waals surface area contributed by atoms with E-state index in [4.69, 9.17) is 4.42 Å². The number of fused-ring (bicyclic) bond motifs is 1. The summed E-state index contributed by atoms with van der Waals surface area (Å²) in [6, 6.07) is 5.74. The lowest BCUT2D eigenvalue weighted by Crippen LogP contribution is -2.19. The fraction of sp³-hybridized carbons (Fsp3) is 0.308. The molecule has 0 atom stereocenters. The Morgan fingerprint density at radius 2 is 2.00 bits per heavy atom. The van der Waals surface area contributed by atoms with E-state index in [1.807, 2.05) is 18.2 Å². The van der Waals surface area contributed by atoms with E-state index in [-0.39, 0.29) is 0 Å². The molecule has 0 saturated carbocycles. The molecule has 1 aliphatic heterocycles. The predicted octanol–water partition coefficient (Wildman–Crippen LogP) is 2.85. The smallest absolute Gasteiger partial charge is 0.157 e. The van der Waals surface area contributed by atoms with Crippen LogP contribution < -0.4 is 4.90 Å². The molecule has 0 spiro atoms. The maximum absolute atomic E-state index is 11.1. The lowest BCUT2D eigenvalue weighted by Gasteiger charge is -2.19. The highest BCUT2D eigenvalue weighted by atomic mass is 16.3. The molecule has 0 radical (unpaired) electrons. The Labute approximate surface area is 93.6 Å². The van der Waals surface area contributed by atoms with Crippen LogP contribution in [0.15, 0.2) is 28.9 Å². The first-order valence-corrected chi connectivity index (χ1v) is 5.60. The first-order valence-electron chi connectivity index (χ1n) is 5.60. The zero-order chi connectivity index (χ0) is 11.0. The fourth-order valence-corrected chi connectivity index (χ4v) is 2.39. The van der Waals surface area contributed by atoms with Crippen molar-refractivity contribution in [1.29, 1.82) is 0 Å². The number of aldehydes is 1. The van der Waals surface area contributed by atoms with Crippen LogP contribution in [0, 0.1) is 0 Å². The maximum atomic E-state index is 11.1. The van der Waals surface area contributed by atoms with Gasteiger partial charge in [0.1, 0.15) is 0 Å². The number of benzene rings is 1. The summed E-state index contributed by atoms with van der Waals surface area (Å²) in [6.07, 6.45) is 4.97. The third kappa shape index (κ3) is 1.32. The maximum Gasteiger partial charge on any atom is 0.157 e. The van der Waals surface area contributed by atoms with Gasteiger partial charge in [-0.05, 0) is 25.0 Å². The Bertz CT molecular complexity index is 524. The zero-order valence-corrected chi connectivity index (χ0v) is 8.98. The molecule has 16 heavy (non-hydrogen) atoms. The largest absolute Gasteiger partial charge is 0.462 e. The van der Waals surface area contributed by atoms with Crippen LogP contribution in [0.1, 0.15) is 23.2 Å². The third-order valence-corrected chi connectivity index (χ3v) is 3.18. The first kappa shape index (κ1) is 9.46. The van der Waals surface area contributed by atoms with Crippen LogP contribution in [-0.2, 0) is 0 Å². The number of hydrogen-bond acceptors (Lipinski definition) is 3. The van der Waals surface area contributed by atoms with Gasteiger partial charge in [-0.3, -0.25) is 4.79 Å². The summed E-state index contributed by atoms with van der Waals surface area (Å²) in [5.41, 5.74) is 2.53. The lowest BCUT2D eigenvalue weighted by molar-refractivity contribution is 0.112. The van der Waals surface area contributed by atoms with Crippen molar-refractivity contribution >= 4 is 22.9 Å². The Morgan fingerprint density at radius 3 is 2.75 bits per heavy atom. The summed E-state index contributed by atoms with van der Waals surface area (Å²) in [5.74, 6) is 0. The van der Waals surface area contributed by atoms with E-state index in [0.29, 0.717) is 0 Å². The van der Waals surface area contributed by atoms with Crippen molar-refractivity contribution in [2.75, 3.05) is 18.0 Å². The summed E-state index contributed by atoms with van der Waals surface area (Å²) in [7, 11) is 0. The topological polar surface area (TPSA) is 33.5 Å². The Hall–Kier alpha value is -1.77. The predicted molar refractivity (Wildman–Crippen MR) is 63.0 cm³/mol. The van der Waals surface area contributed by atoms with Crippen molar-refractivity contribution in [2.45, 2.75) is 12.8 Å². The van der Waals surface area contributed by atoms with Crippen molar-refractivity contribution in [3.8, 4) is 0 Å². The van der Waals surface area contributed by atoms with Crippen molar-refractivity contribution in [2.24, 2.45) is 0 Å². The minimum absolute atomic E-state index is 0.726. The van der Waals surface area contributed by atoms with E-state index in [9.17, 15) is 4.79 Å². The molecule has 1 aliphatic rings. The van der Waals surface area contributed by atoms with E-state index >= 15 is 0 Å². The molecule has 3 rings (SSSR count).